The fourth-order valence-corrected chi connectivity index (χ4v) is 0.967. The number of hydrogen-bond donors (Lipinski definition) is 1. The van der Waals surface area contributed by atoms with Crippen molar-refractivity contribution in [3.8, 4) is 0 Å². The van der Waals surface area contributed by atoms with Gasteiger partial charge in [0.1, 0.15) is 5.56 Å². The molecule has 0 fully saturated rings. The summed E-state index contributed by atoms with van der Waals surface area (Å²) in [6, 6.07) is 0. The summed E-state index contributed by atoms with van der Waals surface area (Å²) in [6.45, 7) is 2.63. The van der Waals surface area contributed by atoms with Gasteiger partial charge in [-0.15, -0.1) is 0 Å². The van der Waals surface area contributed by atoms with Gasteiger partial charge in [0.15, 0.2) is 0 Å². The molecule has 0 saturated heterocycles. The molecule has 3 nitrogen and oxygen atoms in total. The third-order valence-electron chi connectivity index (χ3n) is 1.75. The molecular weight excluding hydrogens is 185 g/mol. The van der Waals surface area contributed by atoms with Crippen LogP contribution < -0.4 is 5.56 Å². The first-order chi connectivity index (χ1) is 5.84. The van der Waals surface area contributed by atoms with Crippen molar-refractivity contribution >= 4 is 0 Å². The number of nitrogens with one attached hydrogen (secondary N) is 1. The second-order valence-electron chi connectivity index (χ2n) is 2.64. The van der Waals surface area contributed by atoms with Crippen molar-refractivity contribution in [1.29, 1.82) is 0 Å². The van der Waals surface area contributed by atoms with Gasteiger partial charge in [-0.25, -0.2) is 5.10 Å². The molecular formula is C7H7F3N2O. The van der Waals surface area contributed by atoms with Crippen molar-refractivity contribution in [2.45, 2.75) is 20.0 Å². The molecule has 0 spiro atoms. The number of nitrogens with zero attached hydrogens (tertiary/aromatic N) is 1. The van der Waals surface area contributed by atoms with Gasteiger partial charge in [-0.2, -0.15) is 18.3 Å². The van der Waals surface area contributed by atoms with Crippen molar-refractivity contribution in [3.05, 3.63) is 27.2 Å². The summed E-state index contributed by atoms with van der Waals surface area (Å²) in [6.07, 6.45) is -4.62. The lowest BCUT2D eigenvalue weighted by atomic mass is 10.1. The molecule has 1 aromatic rings. The highest BCUT2D eigenvalue weighted by molar-refractivity contribution is 5.27. The van der Waals surface area contributed by atoms with Gasteiger partial charge in [-0.1, -0.05) is 0 Å². The Balaban J connectivity index is 3.53. The van der Waals surface area contributed by atoms with Crippen molar-refractivity contribution < 1.29 is 13.2 Å². The van der Waals surface area contributed by atoms with Crippen LogP contribution in [0.5, 0.6) is 0 Å². The first kappa shape index (κ1) is 9.76. The van der Waals surface area contributed by atoms with Crippen molar-refractivity contribution in [3.63, 3.8) is 0 Å². The van der Waals surface area contributed by atoms with Gasteiger partial charge in [0.2, 0.25) is 0 Å². The summed E-state index contributed by atoms with van der Waals surface area (Å²) in [5.41, 5.74) is -2.32. The van der Waals surface area contributed by atoms with E-state index in [2.05, 4.69) is 5.10 Å². The first-order valence-electron chi connectivity index (χ1n) is 3.47. The van der Waals surface area contributed by atoms with Crippen molar-refractivity contribution in [2.24, 2.45) is 0 Å². The second kappa shape index (κ2) is 2.86. The van der Waals surface area contributed by atoms with Crippen LogP contribution in [0, 0.1) is 13.8 Å². The summed E-state index contributed by atoms with van der Waals surface area (Å²) in [5, 5.41) is 5.20. The molecule has 0 aliphatic heterocycles. The molecule has 13 heavy (non-hydrogen) atoms. The SMILES string of the molecule is Cc1n[nH]c(=O)c(C(F)(F)F)c1C. The Bertz CT molecular complexity index is 380. The molecule has 1 heterocycles. The molecule has 0 bridgehead atoms. The van der Waals surface area contributed by atoms with Crippen LogP contribution in [-0.4, -0.2) is 10.2 Å². The molecule has 0 amide bonds. The largest absolute Gasteiger partial charge is 0.422 e. The summed E-state index contributed by atoms with van der Waals surface area (Å²) >= 11 is 0. The third-order valence-corrected chi connectivity index (χ3v) is 1.75. The molecule has 6 heteroatoms. The van der Waals surface area contributed by atoms with E-state index in [-0.39, 0.29) is 11.3 Å². The van der Waals surface area contributed by atoms with Crippen LogP contribution >= 0.6 is 0 Å². The molecule has 0 unspecified atom stereocenters. The predicted molar refractivity (Wildman–Crippen MR) is 39.3 cm³/mol. The zero-order valence-electron chi connectivity index (χ0n) is 6.99. The van der Waals surface area contributed by atoms with Crippen molar-refractivity contribution in [1.82, 2.24) is 10.2 Å². The standard InChI is InChI=1S/C7H7F3N2O/c1-3-4(2)11-12-6(13)5(3)7(8,9)10/h1-2H3,(H,12,13). The Morgan fingerprint density at radius 2 is 1.85 bits per heavy atom. The van der Waals surface area contributed by atoms with Crippen LogP contribution in [0.15, 0.2) is 4.79 Å². The normalized spacial score (nSPS) is 11.8. The molecule has 0 aliphatic rings. The van der Waals surface area contributed by atoms with E-state index in [1.54, 1.807) is 5.10 Å². The number of hydrogen-bond acceptors (Lipinski definition) is 2. The smallest absolute Gasteiger partial charge is 0.267 e. The van der Waals surface area contributed by atoms with Gasteiger partial charge in [0, 0.05) is 0 Å². The highest BCUT2D eigenvalue weighted by atomic mass is 19.4. The lowest BCUT2D eigenvalue weighted by molar-refractivity contribution is -0.139. The molecule has 1 rings (SSSR count). The van der Waals surface area contributed by atoms with E-state index >= 15 is 0 Å². The number of rotatable bonds is 0. The van der Waals surface area contributed by atoms with Crippen LogP contribution in [-0.2, 0) is 6.18 Å². The molecule has 0 aromatic carbocycles. The van der Waals surface area contributed by atoms with Crippen LogP contribution in [0.1, 0.15) is 16.8 Å². The number of H-pyrrole nitrogens is 1. The van der Waals surface area contributed by atoms with Gasteiger partial charge in [-0.05, 0) is 19.4 Å². The zero-order chi connectivity index (χ0) is 10.2. The maximum atomic E-state index is 12.2. The fraction of sp³-hybridized carbons (Fsp3) is 0.429. The van der Waals surface area contributed by atoms with Gasteiger partial charge in [-0.3, -0.25) is 4.79 Å². The van der Waals surface area contributed by atoms with E-state index in [1.165, 1.54) is 13.8 Å². The molecule has 0 radical (unpaired) electrons. The van der Waals surface area contributed by atoms with Crippen LogP contribution in [0.2, 0.25) is 0 Å². The number of aromatic nitrogens is 2. The zero-order valence-corrected chi connectivity index (χ0v) is 6.99. The quantitative estimate of drug-likeness (QED) is 0.675. The average molecular weight is 192 g/mol. The Morgan fingerprint density at radius 1 is 1.31 bits per heavy atom. The summed E-state index contributed by atoms with van der Waals surface area (Å²) in [4.78, 5) is 10.8. The summed E-state index contributed by atoms with van der Waals surface area (Å²) in [5.74, 6) is 0. The summed E-state index contributed by atoms with van der Waals surface area (Å²) in [7, 11) is 0. The summed E-state index contributed by atoms with van der Waals surface area (Å²) < 4.78 is 36.7. The maximum absolute atomic E-state index is 12.2. The van der Waals surface area contributed by atoms with Crippen LogP contribution in [0.3, 0.4) is 0 Å². The number of alkyl halides is 3. The van der Waals surface area contributed by atoms with Crippen LogP contribution in [0.25, 0.3) is 0 Å². The molecule has 72 valence electrons. The average Bonchev–Trinajstić information content (AvgIpc) is 1.95. The van der Waals surface area contributed by atoms with E-state index in [0.29, 0.717) is 0 Å². The molecule has 0 atom stereocenters. The van der Waals surface area contributed by atoms with Gasteiger partial charge in [0.05, 0.1) is 5.69 Å². The molecule has 0 saturated carbocycles. The first-order valence-corrected chi connectivity index (χ1v) is 3.47. The molecule has 0 aliphatic carbocycles. The monoisotopic (exact) mass is 192 g/mol. The second-order valence-corrected chi connectivity index (χ2v) is 2.64. The van der Waals surface area contributed by atoms with Gasteiger partial charge in [0.25, 0.3) is 5.56 Å². The Labute approximate surface area is 71.6 Å². The van der Waals surface area contributed by atoms with E-state index in [0.717, 1.165) is 0 Å². The van der Waals surface area contributed by atoms with E-state index in [1.807, 2.05) is 0 Å². The fourth-order valence-electron chi connectivity index (χ4n) is 0.967. The van der Waals surface area contributed by atoms with E-state index < -0.39 is 17.3 Å². The Kier molecular flexibility index (Phi) is 2.15. The maximum Gasteiger partial charge on any atom is 0.422 e. The number of aryl methyl sites for hydroxylation is 1. The highest BCUT2D eigenvalue weighted by Gasteiger charge is 2.36. The highest BCUT2D eigenvalue weighted by Crippen LogP contribution is 2.29. The van der Waals surface area contributed by atoms with E-state index in [4.69, 9.17) is 0 Å². The van der Waals surface area contributed by atoms with Gasteiger partial charge < -0.3 is 0 Å². The Morgan fingerprint density at radius 3 is 2.23 bits per heavy atom. The minimum Gasteiger partial charge on any atom is -0.267 e. The molecule has 1 aromatic heterocycles. The minimum absolute atomic E-state index is 0.128. The van der Waals surface area contributed by atoms with E-state index in [9.17, 15) is 18.0 Å². The van der Waals surface area contributed by atoms with Crippen LogP contribution in [0.4, 0.5) is 13.2 Å². The van der Waals surface area contributed by atoms with Crippen molar-refractivity contribution in [2.75, 3.05) is 0 Å². The van der Waals surface area contributed by atoms with Gasteiger partial charge >= 0.3 is 6.18 Å². The lowest BCUT2D eigenvalue weighted by Crippen LogP contribution is -2.25. The topological polar surface area (TPSA) is 45.8 Å². The number of halogens is 3. The lowest BCUT2D eigenvalue weighted by Gasteiger charge is -2.09. The Hall–Kier alpha value is -1.33. The predicted octanol–water partition coefficient (Wildman–Crippen LogP) is 1.41. The minimum atomic E-state index is -4.62. The number of aromatic amines is 1. The molecule has 1 N–H and O–H groups in total. The third kappa shape index (κ3) is 1.71.